The van der Waals surface area contributed by atoms with Gasteiger partial charge in [-0.3, -0.25) is 9.59 Å². The van der Waals surface area contributed by atoms with Gasteiger partial charge < -0.3 is 9.84 Å². The summed E-state index contributed by atoms with van der Waals surface area (Å²) in [4.78, 5) is 24.3. The lowest BCUT2D eigenvalue weighted by Gasteiger charge is -2.40. The van der Waals surface area contributed by atoms with E-state index in [4.69, 9.17) is 4.74 Å². The van der Waals surface area contributed by atoms with E-state index in [1.165, 1.54) is 6.92 Å². The molecule has 1 saturated heterocycles. The van der Waals surface area contributed by atoms with Gasteiger partial charge in [-0.2, -0.15) is 0 Å². The summed E-state index contributed by atoms with van der Waals surface area (Å²) >= 11 is 0. The number of ether oxygens (including phenoxy) is 1. The second-order valence-electron chi connectivity index (χ2n) is 5.78. The quantitative estimate of drug-likeness (QED) is 0.670. The highest BCUT2D eigenvalue weighted by Crippen LogP contribution is 2.34. The minimum atomic E-state index is -1.58. The van der Waals surface area contributed by atoms with E-state index >= 15 is 0 Å². The maximum Gasteiger partial charge on any atom is 0.163 e. The third-order valence-corrected chi connectivity index (χ3v) is 4.25. The molecule has 1 aromatic carbocycles. The molecule has 3 atom stereocenters. The number of carbonyl (C=O) groups excluding carboxylic acids is 2. The van der Waals surface area contributed by atoms with Crippen molar-refractivity contribution in [3.8, 4) is 0 Å². The summed E-state index contributed by atoms with van der Waals surface area (Å²) in [6.07, 6.45) is 4.19. The van der Waals surface area contributed by atoms with Crippen LogP contribution in [0.3, 0.4) is 0 Å². The van der Waals surface area contributed by atoms with Crippen molar-refractivity contribution in [3.63, 3.8) is 0 Å². The normalized spacial score (nSPS) is 28.7. The fraction of sp³-hybridized carbons (Fsp3) is 0.444. The number of carbonyl (C=O) groups is 2. The zero-order chi connectivity index (χ0) is 16.2. The summed E-state index contributed by atoms with van der Waals surface area (Å²) in [7, 11) is 0. The van der Waals surface area contributed by atoms with Gasteiger partial charge in [0.05, 0.1) is 12.7 Å². The van der Waals surface area contributed by atoms with Crippen LogP contribution in [0.1, 0.15) is 37.0 Å². The van der Waals surface area contributed by atoms with Crippen LogP contribution in [0, 0.1) is 5.92 Å². The zero-order valence-corrected chi connectivity index (χ0v) is 13.0. The number of hydrogen-bond donors (Lipinski definition) is 1. The van der Waals surface area contributed by atoms with E-state index in [1.54, 1.807) is 24.3 Å². The van der Waals surface area contributed by atoms with Crippen LogP contribution in [0.5, 0.6) is 0 Å². The standard InChI is InChI=1S/C18H22O4/c1-3-7-16-10-15(18(21,12-22-16)13(2)19)11-17(20)14-8-5-4-6-9-14/h3-9,15-16,21H,10-12H2,1-2H3/b7-3+/t15-,16-,18+/m0/s1. The van der Waals surface area contributed by atoms with Gasteiger partial charge in [-0.1, -0.05) is 42.5 Å². The van der Waals surface area contributed by atoms with Gasteiger partial charge in [0.2, 0.25) is 0 Å². The smallest absolute Gasteiger partial charge is 0.163 e. The Kier molecular flexibility index (Phi) is 5.27. The summed E-state index contributed by atoms with van der Waals surface area (Å²) in [5.74, 6) is -0.851. The molecule has 1 aliphatic rings. The highest BCUT2D eigenvalue weighted by atomic mass is 16.5. The van der Waals surface area contributed by atoms with Crippen LogP contribution in [0.25, 0.3) is 0 Å². The maximum atomic E-state index is 12.4. The van der Waals surface area contributed by atoms with Gasteiger partial charge in [-0.05, 0) is 20.3 Å². The minimum Gasteiger partial charge on any atom is -0.379 e. The van der Waals surface area contributed by atoms with E-state index in [9.17, 15) is 14.7 Å². The molecule has 118 valence electrons. The third-order valence-electron chi connectivity index (χ3n) is 4.25. The minimum absolute atomic E-state index is 0.0635. The van der Waals surface area contributed by atoms with Crippen LogP contribution in [0.2, 0.25) is 0 Å². The molecule has 0 aromatic heterocycles. The fourth-order valence-electron chi connectivity index (χ4n) is 2.85. The second-order valence-corrected chi connectivity index (χ2v) is 5.78. The lowest BCUT2D eigenvalue weighted by atomic mass is 9.75. The van der Waals surface area contributed by atoms with Crippen LogP contribution in [-0.4, -0.2) is 35.0 Å². The lowest BCUT2D eigenvalue weighted by Crippen LogP contribution is -2.54. The molecule has 1 aromatic rings. The van der Waals surface area contributed by atoms with Gasteiger partial charge in [0.15, 0.2) is 11.6 Å². The van der Waals surface area contributed by atoms with Crippen LogP contribution < -0.4 is 0 Å². The van der Waals surface area contributed by atoms with Crippen molar-refractivity contribution in [1.29, 1.82) is 0 Å². The van der Waals surface area contributed by atoms with Gasteiger partial charge in [0, 0.05) is 17.9 Å². The monoisotopic (exact) mass is 302 g/mol. The molecule has 22 heavy (non-hydrogen) atoms. The topological polar surface area (TPSA) is 63.6 Å². The van der Waals surface area contributed by atoms with E-state index in [-0.39, 0.29) is 30.7 Å². The highest BCUT2D eigenvalue weighted by molar-refractivity contribution is 5.97. The molecular formula is C18H22O4. The first-order chi connectivity index (χ1) is 10.5. The zero-order valence-electron chi connectivity index (χ0n) is 13.0. The van der Waals surface area contributed by atoms with Gasteiger partial charge >= 0.3 is 0 Å². The first-order valence-corrected chi connectivity index (χ1v) is 7.53. The Hall–Kier alpha value is -1.78. The van der Waals surface area contributed by atoms with Gasteiger partial charge in [-0.15, -0.1) is 0 Å². The molecule has 1 heterocycles. The molecule has 0 saturated carbocycles. The second kappa shape index (κ2) is 6.99. The number of hydrogen-bond acceptors (Lipinski definition) is 4. The number of ketones is 2. The van der Waals surface area contributed by atoms with Crippen LogP contribution >= 0.6 is 0 Å². The van der Waals surface area contributed by atoms with E-state index < -0.39 is 11.5 Å². The Morgan fingerprint density at radius 1 is 1.36 bits per heavy atom. The molecule has 0 amide bonds. The first kappa shape index (κ1) is 16.6. The van der Waals surface area contributed by atoms with Crippen molar-refractivity contribution in [2.24, 2.45) is 5.92 Å². The van der Waals surface area contributed by atoms with E-state index in [0.717, 1.165) is 0 Å². The molecule has 0 spiro atoms. The number of benzene rings is 1. The van der Waals surface area contributed by atoms with Crippen LogP contribution in [0.4, 0.5) is 0 Å². The summed E-state index contributed by atoms with van der Waals surface area (Å²) in [5.41, 5.74) is -0.981. The SMILES string of the molecule is C/C=C/[C@H]1C[C@@H](CC(=O)c2ccccc2)[C@](O)(C(C)=O)CO1. The van der Waals surface area contributed by atoms with Crippen molar-refractivity contribution in [2.45, 2.75) is 38.4 Å². The van der Waals surface area contributed by atoms with E-state index in [1.807, 2.05) is 25.1 Å². The molecule has 0 radical (unpaired) electrons. The molecule has 1 aliphatic heterocycles. The van der Waals surface area contributed by atoms with Gasteiger partial charge in [0.25, 0.3) is 0 Å². The van der Waals surface area contributed by atoms with Crippen molar-refractivity contribution in [3.05, 3.63) is 48.0 Å². The largest absolute Gasteiger partial charge is 0.379 e. The Bertz CT molecular complexity index is 564. The van der Waals surface area contributed by atoms with Gasteiger partial charge in [-0.25, -0.2) is 0 Å². The molecule has 0 unspecified atom stereocenters. The lowest BCUT2D eigenvalue weighted by molar-refractivity contribution is -0.167. The first-order valence-electron chi connectivity index (χ1n) is 7.53. The average molecular weight is 302 g/mol. The molecule has 1 fully saturated rings. The van der Waals surface area contributed by atoms with Crippen molar-refractivity contribution in [2.75, 3.05) is 6.61 Å². The Morgan fingerprint density at radius 3 is 2.64 bits per heavy atom. The predicted octanol–water partition coefficient (Wildman–Crippen LogP) is 2.56. The molecule has 0 bridgehead atoms. The molecule has 4 nitrogen and oxygen atoms in total. The molecule has 1 N–H and O–H groups in total. The predicted molar refractivity (Wildman–Crippen MR) is 83.7 cm³/mol. The molecular weight excluding hydrogens is 280 g/mol. The van der Waals surface area contributed by atoms with Gasteiger partial charge in [0.1, 0.15) is 5.60 Å². The number of rotatable bonds is 5. The average Bonchev–Trinajstić information content (AvgIpc) is 2.51. The maximum absolute atomic E-state index is 12.4. The summed E-state index contributed by atoms with van der Waals surface area (Å²) in [5, 5.41) is 10.6. The van der Waals surface area contributed by atoms with Crippen molar-refractivity contribution in [1.82, 2.24) is 0 Å². The van der Waals surface area contributed by atoms with E-state index in [0.29, 0.717) is 12.0 Å². The Morgan fingerprint density at radius 2 is 2.05 bits per heavy atom. The fourth-order valence-corrected chi connectivity index (χ4v) is 2.85. The summed E-state index contributed by atoms with van der Waals surface area (Å²) in [6, 6.07) is 8.95. The van der Waals surface area contributed by atoms with Crippen LogP contribution in [0.15, 0.2) is 42.5 Å². The number of Topliss-reactive ketones (excluding diaryl/α,β-unsaturated/α-hetero) is 2. The third kappa shape index (κ3) is 3.51. The molecule has 4 heteroatoms. The molecule has 2 rings (SSSR count). The summed E-state index contributed by atoms with van der Waals surface area (Å²) < 4.78 is 5.54. The number of aliphatic hydroxyl groups is 1. The Labute approximate surface area is 130 Å². The summed E-state index contributed by atoms with van der Waals surface area (Å²) in [6.45, 7) is 3.17. The van der Waals surface area contributed by atoms with Crippen molar-refractivity contribution < 1.29 is 19.4 Å². The molecule has 0 aliphatic carbocycles. The number of allylic oxidation sites excluding steroid dienone is 1. The Balaban J connectivity index is 2.18. The van der Waals surface area contributed by atoms with Crippen molar-refractivity contribution >= 4 is 11.6 Å². The van der Waals surface area contributed by atoms with Crippen LogP contribution in [-0.2, 0) is 9.53 Å². The van der Waals surface area contributed by atoms with E-state index in [2.05, 4.69) is 0 Å². The highest BCUT2D eigenvalue weighted by Gasteiger charge is 2.46.